The van der Waals surface area contributed by atoms with Crippen molar-refractivity contribution in [2.24, 2.45) is 5.92 Å². The number of nitrogens with zero attached hydrogens (tertiary/aromatic N) is 13. The molecule has 30 heteroatoms. The van der Waals surface area contributed by atoms with Gasteiger partial charge in [-0.1, -0.05) is 152 Å². The van der Waals surface area contributed by atoms with Gasteiger partial charge in [0.25, 0.3) is 5.91 Å². The number of oxazole rings is 1. The largest absolute Gasteiger partial charge is 0.465 e. The number of ether oxygens (including phenoxy) is 1. The van der Waals surface area contributed by atoms with Gasteiger partial charge in [-0.15, -0.1) is 0 Å². The van der Waals surface area contributed by atoms with E-state index < -0.39 is 0 Å². The average Bonchev–Trinajstić information content (AvgIpc) is 1.62. The second-order valence-electron chi connectivity index (χ2n) is 37.7. The van der Waals surface area contributed by atoms with Crippen LogP contribution in [0.2, 0.25) is 0 Å². The maximum atomic E-state index is 12.8. The summed E-state index contributed by atoms with van der Waals surface area (Å²) in [5.74, 6) is 6.05. The lowest BCUT2D eigenvalue weighted by Gasteiger charge is -2.30. The lowest BCUT2D eigenvalue weighted by atomic mass is 9.95. The van der Waals surface area contributed by atoms with Crippen LogP contribution in [0.1, 0.15) is 276 Å². The molecule has 14 aromatic rings. The zero-order valence-electron chi connectivity index (χ0n) is 78.2. The number of aromatic amines is 5. The number of likely N-dealkylation sites (tertiary alicyclic amines) is 1. The topological polar surface area (TPSA) is 398 Å². The van der Waals surface area contributed by atoms with E-state index in [-0.39, 0.29) is 30.2 Å². The Hall–Kier alpha value is -13.0. The number of hydrogen-bond donors (Lipinski definition) is 11. The molecule has 11 N–H and O–H groups in total. The number of anilines is 6. The van der Waals surface area contributed by atoms with Gasteiger partial charge >= 0.3 is 5.97 Å². The number of ketones is 1. The smallest absolute Gasteiger partial charge is 0.337 e. The Labute approximate surface area is 788 Å². The highest BCUT2D eigenvalue weighted by atomic mass is 16.5. The number of methoxy groups -OCH3 is 1. The van der Waals surface area contributed by atoms with E-state index in [9.17, 15) is 19.2 Å². The maximum absolute atomic E-state index is 12.8. The molecule has 0 atom stereocenters. The summed E-state index contributed by atoms with van der Waals surface area (Å²) >= 11 is 0. The molecule has 0 bridgehead atoms. The number of nitrogens with one attached hydrogen (secondary N) is 10. The highest BCUT2D eigenvalue weighted by molar-refractivity contribution is 6.07. The van der Waals surface area contributed by atoms with Gasteiger partial charge < -0.3 is 45.7 Å². The van der Waals surface area contributed by atoms with Crippen LogP contribution >= 0.6 is 0 Å². The molecule has 21 rings (SSSR count). The standard InChI is InChI=1S/C27H35N5O.C25H27N5O2.C22H26N4O2.C16H21N5O.C15H22N4O/c1-19-14-17-32(18-15-19)27(33)21-10-7-20(8-11-21)9-12-23-25-24(31-30-23)13-16-28-26(25)29-22-5-3-2-4-6-22;31-23(22-15-32-16-27-22)14-18-6-4-5-17(13-18)9-10-20-24-21(30-29-20)11-12-26-25(24)28-19-7-2-1-3-8-19;1-28-22(27)16-10-7-15(8-11-16)9-12-18-20-19(26-25-18)13-14-23-21(20)24-17-5-3-2-4-6-17;22-13-7-4-10-21(13)16-14-12(19-20-16)8-9-17-15(14)18-11-5-2-1-3-6-11;20-10-4-7-12-14-13(19-18-12)8-9-16-15(14)17-11-5-2-1-3-6-11/h7-8,10-11,13,16,19,22H,2-6,9,12,14-15,17-18H2,1H3,(H,28,29)(H,30,31);4-6,11-13,15-16,19H,1-3,7-10,14H2,(H,26,28)(H,29,30);7-8,10-11,13-14,17H,2-6,9,12H2,1H3,(H,23,24)(H,25,26);8-9,11H,1-7,10H2,(H,17,18)(H,19,20);8-9,11,20H,1-7,10H2,(H,16,17)(H,18,19). The molecule has 0 radical (unpaired) electrons. The molecule has 3 aromatic carbocycles. The number of amides is 2. The normalized spacial score (nSPS) is 16.7. The van der Waals surface area contributed by atoms with Crippen molar-refractivity contribution < 1.29 is 33.4 Å². The van der Waals surface area contributed by atoms with Crippen molar-refractivity contribution in [2.45, 2.75) is 281 Å². The molecule has 7 aliphatic rings. The number of Topliss-reactive ketones (excluding diaryl/α,β-unsaturated/α-hetero) is 1. The number of piperidine rings is 1. The highest BCUT2D eigenvalue weighted by Gasteiger charge is 2.30. The number of H-pyrrole nitrogens is 5. The van der Waals surface area contributed by atoms with Crippen LogP contribution in [0.4, 0.5) is 34.9 Å². The van der Waals surface area contributed by atoms with Crippen molar-refractivity contribution in [3.05, 3.63) is 209 Å². The molecule has 708 valence electrons. The first-order valence-electron chi connectivity index (χ1n) is 49.8. The summed E-state index contributed by atoms with van der Waals surface area (Å²) in [6.45, 7) is 4.97. The summed E-state index contributed by atoms with van der Waals surface area (Å²) in [4.78, 5) is 79.4. The highest BCUT2D eigenvalue weighted by Crippen LogP contribution is 2.37. The Morgan fingerprint density at radius 1 is 0.422 bits per heavy atom. The molecule has 135 heavy (non-hydrogen) atoms. The summed E-state index contributed by atoms with van der Waals surface area (Å²) in [5.41, 5.74) is 15.4. The molecule has 13 heterocycles. The van der Waals surface area contributed by atoms with E-state index in [4.69, 9.17) is 14.3 Å². The molecule has 2 saturated heterocycles. The first-order valence-corrected chi connectivity index (χ1v) is 49.8. The molecule has 0 spiro atoms. The Morgan fingerprint density at radius 3 is 1.22 bits per heavy atom. The number of carbonyl (C=O) groups is 4. The molecule has 11 aromatic heterocycles. The molecule has 5 saturated carbocycles. The summed E-state index contributed by atoms with van der Waals surface area (Å²) in [7, 11) is 1.40. The first kappa shape index (κ1) is 93.8. The van der Waals surface area contributed by atoms with Gasteiger partial charge in [-0.3, -0.25) is 44.8 Å². The number of aliphatic hydroxyl groups excluding tert-OH is 1. The fraction of sp³-hybridized carbons (Fsp3) is 0.476. The summed E-state index contributed by atoms with van der Waals surface area (Å²) in [5, 5.41) is 70.5. The molecular weight excluding hydrogens is 1700 g/mol. The predicted molar refractivity (Wildman–Crippen MR) is 531 cm³/mol. The van der Waals surface area contributed by atoms with Gasteiger partial charge in [0.2, 0.25) is 5.91 Å². The minimum atomic E-state index is -0.310. The number of aryl methyl sites for hydroxylation is 7. The average molecular weight is 1830 g/mol. The monoisotopic (exact) mass is 1830 g/mol. The fourth-order valence-electron chi connectivity index (χ4n) is 20.3. The quantitative estimate of drug-likeness (QED) is 0.0160. The van der Waals surface area contributed by atoms with E-state index in [2.05, 4.69) is 139 Å². The van der Waals surface area contributed by atoms with Gasteiger partial charge in [-0.25, -0.2) is 34.7 Å². The third-order valence-corrected chi connectivity index (χ3v) is 28.0. The Kier molecular flexibility index (Phi) is 32.5. The molecule has 2 amide bonds. The Balaban J connectivity index is 0.000000119. The fourth-order valence-corrected chi connectivity index (χ4v) is 20.3. The lowest BCUT2D eigenvalue weighted by Crippen LogP contribution is -2.37. The molecular formula is C105H131N23O7. The van der Waals surface area contributed by atoms with Gasteiger partial charge in [-0.2, -0.15) is 25.5 Å². The molecule has 0 unspecified atom stereocenters. The second kappa shape index (κ2) is 46.8. The summed E-state index contributed by atoms with van der Waals surface area (Å²) in [6, 6.07) is 36.1. The molecule has 5 aliphatic carbocycles. The van der Waals surface area contributed by atoms with Crippen molar-refractivity contribution in [1.82, 2.24) is 85.8 Å². The number of aliphatic hydroxyl groups is 1. The molecule has 30 nitrogen and oxygen atoms in total. The maximum Gasteiger partial charge on any atom is 0.337 e. The van der Waals surface area contributed by atoms with Gasteiger partial charge in [0.15, 0.2) is 18.0 Å². The number of esters is 1. The van der Waals surface area contributed by atoms with E-state index in [0.29, 0.717) is 54.3 Å². The van der Waals surface area contributed by atoms with Crippen LogP contribution in [0.15, 0.2) is 151 Å². The van der Waals surface area contributed by atoms with Crippen LogP contribution in [-0.4, -0.2) is 178 Å². The third-order valence-electron chi connectivity index (χ3n) is 28.0. The Bertz CT molecular complexity index is 6160. The summed E-state index contributed by atoms with van der Waals surface area (Å²) in [6.07, 6.45) is 54.1. The predicted octanol–water partition coefficient (Wildman–Crippen LogP) is 20.0. The van der Waals surface area contributed by atoms with Crippen LogP contribution in [-0.2, 0) is 60.9 Å². The summed E-state index contributed by atoms with van der Waals surface area (Å²) < 4.78 is 9.67. The molecule has 7 fully saturated rings. The van der Waals surface area contributed by atoms with Crippen molar-refractivity contribution in [3.63, 3.8) is 0 Å². The number of carbonyl (C=O) groups excluding carboxylic acids is 4. The van der Waals surface area contributed by atoms with Gasteiger partial charge in [0.05, 0.1) is 67.2 Å². The van der Waals surface area contributed by atoms with Gasteiger partial charge in [-0.05, 0) is 218 Å². The van der Waals surface area contributed by atoms with Crippen molar-refractivity contribution in [1.29, 1.82) is 0 Å². The van der Waals surface area contributed by atoms with E-state index in [1.807, 2.05) is 109 Å². The van der Waals surface area contributed by atoms with Crippen LogP contribution < -0.4 is 31.5 Å². The second-order valence-corrected chi connectivity index (χ2v) is 37.7. The van der Waals surface area contributed by atoms with Gasteiger partial charge in [0.1, 0.15) is 41.0 Å². The minimum Gasteiger partial charge on any atom is -0.465 e. The zero-order chi connectivity index (χ0) is 92.4. The van der Waals surface area contributed by atoms with Gasteiger partial charge in [0, 0.05) is 129 Å². The number of benzene rings is 3. The van der Waals surface area contributed by atoms with Crippen molar-refractivity contribution in [3.8, 4) is 0 Å². The van der Waals surface area contributed by atoms with Crippen molar-refractivity contribution >= 4 is 113 Å². The van der Waals surface area contributed by atoms with E-state index in [1.54, 1.807) is 11.1 Å². The SMILES string of the molecule is CC1CCN(C(=O)c2ccc(CCc3[nH]nc4ccnc(NC5CCCCC5)c34)cc2)CC1.COC(=O)c1ccc(CCc2[nH]nc3ccnc(NC4CCCCC4)c23)cc1.O=C(Cc1cccc(CCc2[nH]nc3ccnc(NC4CCCCC4)c23)c1)c1cocn1.O=C1CCCN1c1n[nH]c2ccnc(NC3CCCCC3)c12.OCCCc1[nH]nc2ccnc(NC3CCCCC3)c12. The Morgan fingerprint density at radius 2 is 0.822 bits per heavy atom. The van der Waals surface area contributed by atoms with E-state index in [1.165, 1.54) is 197 Å². The van der Waals surface area contributed by atoms with Crippen molar-refractivity contribution in [2.75, 3.05) is 64.8 Å². The van der Waals surface area contributed by atoms with E-state index >= 15 is 0 Å². The van der Waals surface area contributed by atoms with Crippen LogP contribution in [0.5, 0.6) is 0 Å². The lowest BCUT2D eigenvalue weighted by molar-refractivity contribution is -0.117. The number of pyridine rings is 5. The molecule has 2 aliphatic heterocycles. The number of hydrogen-bond acceptors (Lipinski definition) is 23. The number of aromatic nitrogens is 16. The number of fused-ring (bicyclic) bond motifs is 5. The van der Waals surface area contributed by atoms with Crippen LogP contribution in [0, 0.1) is 5.92 Å². The zero-order valence-corrected chi connectivity index (χ0v) is 78.2. The number of rotatable bonds is 28. The van der Waals surface area contributed by atoms with Crippen LogP contribution in [0.25, 0.3) is 54.5 Å². The first-order chi connectivity index (χ1) is 66.4. The van der Waals surface area contributed by atoms with E-state index in [0.717, 1.165) is 220 Å². The minimum absolute atomic E-state index is 0.0417. The van der Waals surface area contributed by atoms with Crippen LogP contribution in [0.3, 0.4) is 0 Å². The third kappa shape index (κ3) is 24.6.